The Labute approximate surface area is 123 Å². The van der Waals surface area contributed by atoms with Crippen LogP contribution in [0.3, 0.4) is 0 Å². The van der Waals surface area contributed by atoms with Gasteiger partial charge in [0, 0.05) is 0 Å². The lowest BCUT2D eigenvalue weighted by molar-refractivity contribution is 0.321. The van der Waals surface area contributed by atoms with Gasteiger partial charge in [-0.3, -0.25) is 0 Å². The van der Waals surface area contributed by atoms with Crippen LogP contribution in [-0.2, 0) is 6.42 Å². The summed E-state index contributed by atoms with van der Waals surface area (Å²) in [6, 6.07) is 8.61. The molecule has 2 heteroatoms. The number of benzene rings is 1. The normalized spacial score (nSPS) is 17.3. The molecule has 0 heterocycles. The average Bonchev–Trinajstić information content (AvgIpc) is 3.01. The van der Waals surface area contributed by atoms with Crippen molar-refractivity contribution >= 4 is 0 Å². The van der Waals surface area contributed by atoms with Crippen LogP contribution in [0.5, 0.6) is 5.75 Å². The Bertz CT molecular complexity index is 368. The van der Waals surface area contributed by atoms with Gasteiger partial charge >= 0.3 is 0 Å². The van der Waals surface area contributed by atoms with Crippen molar-refractivity contribution in [3.63, 3.8) is 0 Å². The molecule has 1 aliphatic carbocycles. The first kappa shape index (κ1) is 15.4. The van der Waals surface area contributed by atoms with E-state index >= 15 is 0 Å². The fourth-order valence-corrected chi connectivity index (χ4v) is 3.36. The summed E-state index contributed by atoms with van der Waals surface area (Å²) in [5, 5.41) is 3.63. The molecule has 0 saturated heterocycles. The lowest BCUT2D eigenvalue weighted by Crippen LogP contribution is -2.29. The van der Waals surface area contributed by atoms with Gasteiger partial charge < -0.3 is 10.1 Å². The lowest BCUT2D eigenvalue weighted by atomic mass is 9.85. The fraction of sp³-hybridized carbons (Fsp3) is 0.667. The molecule has 0 aromatic heterocycles. The molecular formula is C18H29NO. The summed E-state index contributed by atoms with van der Waals surface area (Å²) in [5.41, 5.74) is 1.45. The molecule has 1 atom stereocenters. The number of ether oxygens (including phenoxy) is 1. The van der Waals surface area contributed by atoms with E-state index in [-0.39, 0.29) is 0 Å². The highest BCUT2D eigenvalue weighted by molar-refractivity contribution is 5.27. The third-order valence-electron chi connectivity index (χ3n) is 4.56. The van der Waals surface area contributed by atoms with Crippen molar-refractivity contribution in [1.82, 2.24) is 5.32 Å². The first-order chi connectivity index (χ1) is 9.83. The zero-order valence-electron chi connectivity index (χ0n) is 13.0. The van der Waals surface area contributed by atoms with Gasteiger partial charge in [0.1, 0.15) is 5.75 Å². The van der Waals surface area contributed by atoms with Crippen molar-refractivity contribution in [2.24, 2.45) is 11.8 Å². The number of rotatable bonds is 8. The van der Waals surface area contributed by atoms with Crippen LogP contribution in [0.4, 0.5) is 0 Å². The van der Waals surface area contributed by atoms with E-state index in [0.29, 0.717) is 0 Å². The fourth-order valence-electron chi connectivity index (χ4n) is 3.36. The van der Waals surface area contributed by atoms with E-state index in [9.17, 15) is 0 Å². The molecule has 0 amide bonds. The van der Waals surface area contributed by atoms with Crippen LogP contribution in [0.2, 0.25) is 0 Å². The minimum absolute atomic E-state index is 0.789. The minimum Gasteiger partial charge on any atom is -0.497 e. The van der Waals surface area contributed by atoms with Crippen molar-refractivity contribution < 1.29 is 4.74 Å². The zero-order chi connectivity index (χ0) is 14.2. The maximum absolute atomic E-state index is 5.24. The zero-order valence-corrected chi connectivity index (χ0v) is 13.0. The molecule has 2 nitrogen and oxygen atoms in total. The van der Waals surface area contributed by atoms with Gasteiger partial charge in [-0.25, -0.2) is 0 Å². The molecule has 1 aromatic carbocycles. The first-order valence-electron chi connectivity index (χ1n) is 8.17. The molecule has 2 rings (SSSR count). The van der Waals surface area contributed by atoms with Gasteiger partial charge in [-0.15, -0.1) is 0 Å². The molecule has 1 N–H and O–H groups in total. The summed E-state index contributed by atoms with van der Waals surface area (Å²) in [7, 11) is 1.73. The molecule has 1 fully saturated rings. The van der Waals surface area contributed by atoms with Crippen molar-refractivity contribution in [1.29, 1.82) is 0 Å². The van der Waals surface area contributed by atoms with Gasteiger partial charge in [-0.1, -0.05) is 44.7 Å². The summed E-state index contributed by atoms with van der Waals surface area (Å²) >= 11 is 0. The van der Waals surface area contributed by atoms with Crippen LogP contribution >= 0.6 is 0 Å². The van der Waals surface area contributed by atoms with Crippen molar-refractivity contribution in [2.45, 2.75) is 45.4 Å². The molecule has 0 radical (unpaired) electrons. The second-order valence-corrected chi connectivity index (χ2v) is 6.06. The topological polar surface area (TPSA) is 21.3 Å². The third-order valence-corrected chi connectivity index (χ3v) is 4.56. The van der Waals surface area contributed by atoms with Crippen LogP contribution in [0.1, 0.15) is 44.6 Å². The molecule has 0 aliphatic heterocycles. The van der Waals surface area contributed by atoms with Gasteiger partial charge in [-0.2, -0.15) is 0 Å². The number of methoxy groups -OCH3 is 1. The highest BCUT2D eigenvalue weighted by Gasteiger charge is 2.24. The van der Waals surface area contributed by atoms with Crippen molar-refractivity contribution in [2.75, 3.05) is 20.2 Å². The van der Waals surface area contributed by atoms with Gasteiger partial charge in [-0.05, 0) is 55.5 Å². The summed E-state index contributed by atoms with van der Waals surface area (Å²) < 4.78 is 5.24. The van der Waals surface area contributed by atoms with E-state index in [4.69, 9.17) is 4.74 Å². The molecule has 1 saturated carbocycles. The minimum atomic E-state index is 0.789. The first-order valence-corrected chi connectivity index (χ1v) is 8.17. The standard InChI is InChI=1S/C18H29NO/c1-3-12-19-14-17(16-6-4-5-7-16)13-15-8-10-18(20-2)11-9-15/h8-11,16-17,19H,3-7,12-14H2,1-2H3. The monoisotopic (exact) mass is 275 g/mol. The van der Waals surface area contributed by atoms with Gasteiger partial charge in [0.05, 0.1) is 7.11 Å². The summed E-state index contributed by atoms with van der Waals surface area (Å²) in [6.07, 6.45) is 8.13. The van der Waals surface area contributed by atoms with Crippen LogP contribution in [0.25, 0.3) is 0 Å². The number of hydrogen-bond donors (Lipinski definition) is 1. The van der Waals surface area contributed by atoms with Crippen molar-refractivity contribution in [3.05, 3.63) is 29.8 Å². The maximum atomic E-state index is 5.24. The molecule has 0 spiro atoms. The quantitative estimate of drug-likeness (QED) is 0.723. The predicted octanol–water partition coefficient (Wildman–Crippen LogP) is 4.04. The van der Waals surface area contributed by atoms with E-state index in [1.807, 2.05) is 0 Å². The van der Waals surface area contributed by atoms with Crippen LogP contribution in [0, 0.1) is 11.8 Å². The van der Waals surface area contributed by atoms with Gasteiger partial charge in [0.15, 0.2) is 0 Å². The Morgan fingerprint density at radius 1 is 1.20 bits per heavy atom. The molecule has 112 valence electrons. The Hall–Kier alpha value is -1.02. The predicted molar refractivity (Wildman–Crippen MR) is 85.3 cm³/mol. The Morgan fingerprint density at radius 2 is 1.90 bits per heavy atom. The SMILES string of the molecule is CCCNCC(Cc1ccc(OC)cc1)C1CCCC1. The van der Waals surface area contributed by atoms with Crippen LogP contribution < -0.4 is 10.1 Å². The number of hydrogen-bond acceptors (Lipinski definition) is 2. The van der Waals surface area contributed by atoms with Crippen LogP contribution in [-0.4, -0.2) is 20.2 Å². The Balaban J connectivity index is 1.93. The smallest absolute Gasteiger partial charge is 0.118 e. The van der Waals surface area contributed by atoms with E-state index in [1.165, 1.54) is 50.6 Å². The second-order valence-electron chi connectivity index (χ2n) is 6.06. The molecule has 20 heavy (non-hydrogen) atoms. The second kappa shape index (κ2) is 8.31. The van der Waals surface area contributed by atoms with E-state index in [1.54, 1.807) is 7.11 Å². The molecule has 1 aromatic rings. The summed E-state index contributed by atoms with van der Waals surface area (Å²) in [5.74, 6) is 2.66. The maximum Gasteiger partial charge on any atom is 0.118 e. The van der Waals surface area contributed by atoms with Crippen LogP contribution in [0.15, 0.2) is 24.3 Å². The third kappa shape index (κ3) is 4.52. The highest BCUT2D eigenvalue weighted by Crippen LogP contribution is 2.33. The summed E-state index contributed by atoms with van der Waals surface area (Å²) in [6.45, 7) is 4.55. The number of nitrogens with one attached hydrogen (secondary N) is 1. The van der Waals surface area contributed by atoms with Gasteiger partial charge in [0.2, 0.25) is 0 Å². The van der Waals surface area contributed by atoms with E-state index < -0.39 is 0 Å². The Morgan fingerprint density at radius 3 is 2.50 bits per heavy atom. The molecule has 0 bridgehead atoms. The molecular weight excluding hydrogens is 246 g/mol. The van der Waals surface area contributed by atoms with Crippen molar-refractivity contribution in [3.8, 4) is 5.75 Å². The highest BCUT2D eigenvalue weighted by atomic mass is 16.5. The molecule has 1 aliphatic rings. The molecule has 1 unspecified atom stereocenters. The Kier molecular flexibility index (Phi) is 6.38. The van der Waals surface area contributed by atoms with Gasteiger partial charge in [0.25, 0.3) is 0 Å². The lowest BCUT2D eigenvalue weighted by Gasteiger charge is -2.24. The van der Waals surface area contributed by atoms with E-state index in [2.05, 4.69) is 36.5 Å². The van der Waals surface area contributed by atoms with E-state index in [0.717, 1.165) is 24.1 Å². The summed E-state index contributed by atoms with van der Waals surface area (Å²) in [4.78, 5) is 0. The average molecular weight is 275 g/mol. The largest absolute Gasteiger partial charge is 0.497 e.